The van der Waals surface area contributed by atoms with Gasteiger partial charge in [0.05, 0.1) is 24.3 Å². The summed E-state index contributed by atoms with van der Waals surface area (Å²) in [7, 11) is 0. The standard InChI is InChI=1S/C10H9NO/c11-6-9-3-1-8(2-4-9)5-10-7-12-10/h1-4,10H,5,7H2. The van der Waals surface area contributed by atoms with Crippen LogP contribution in [0.4, 0.5) is 0 Å². The number of epoxide rings is 1. The van der Waals surface area contributed by atoms with Crippen molar-refractivity contribution < 1.29 is 4.74 Å². The first kappa shape index (κ1) is 7.33. The van der Waals surface area contributed by atoms with Crippen molar-refractivity contribution in [1.82, 2.24) is 0 Å². The molecule has 2 rings (SSSR count). The molecule has 12 heavy (non-hydrogen) atoms. The van der Waals surface area contributed by atoms with Crippen molar-refractivity contribution in [3.63, 3.8) is 0 Å². The Morgan fingerprint density at radius 2 is 2.08 bits per heavy atom. The Labute approximate surface area is 71.4 Å². The van der Waals surface area contributed by atoms with Crippen LogP contribution in [0.2, 0.25) is 0 Å². The third-order valence-corrected chi connectivity index (χ3v) is 1.95. The molecule has 0 spiro atoms. The minimum atomic E-state index is 0.429. The minimum Gasteiger partial charge on any atom is -0.373 e. The van der Waals surface area contributed by atoms with Crippen LogP contribution in [0, 0.1) is 11.3 Å². The third-order valence-electron chi connectivity index (χ3n) is 1.95. The predicted octanol–water partition coefficient (Wildman–Crippen LogP) is 1.50. The molecule has 1 aliphatic rings. The van der Waals surface area contributed by atoms with Gasteiger partial charge in [0.25, 0.3) is 0 Å². The Balaban J connectivity index is 2.08. The molecule has 0 aliphatic carbocycles. The fourth-order valence-corrected chi connectivity index (χ4v) is 1.16. The van der Waals surface area contributed by atoms with E-state index in [-0.39, 0.29) is 0 Å². The summed E-state index contributed by atoms with van der Waals surface area (Å²) < 4.78 is 5.10. The largest absolute Gasteiger partial charge is 0.373 e. The van der Waals surface area contributed by atoms with Crippen LogP contribution in [-0.4, -0.2) is 12.7 Å². The van der Waals surface area contributed by atoms with Crippen molar-refractivity contribution >= 4 is 0 Å². The smallest absolute Gasteiger partial charge is 0.0991 e. The van der Waals surface area contributed by atoms with Crippen LogP contribution in [0.1, 0.15) is 11.1 Å². The van der Waals surface area contributed by atoms with E-state index in [1.165, 1.54) is 5.56 Å². The van der Waals surface area contributed by atoms with E-state index >= 15 is 0 Å². The van der Waals surface area contributed by atoms with E-state index in [0.717, 1.165) is 18.6 Å². The van der Waals surface area contributed by atoms with Crippen molar-refractivity contribution in [2.75, 3.05) is 6.61 Å². The SMILES string of the molecule is N#Cc1ccc(CC2CO2)cc1. The Bertz CT molecular complexity index is 306. The summed E-state index contributed by atoms with van der Waals surface area (Å²) in [5, 5.41) is 8.55. The molecule has 0 saturated carbocycles. The molecule has 1 atom stereocenters. The molecule has 0 amide bonds. The highest BCUT2D eigenvalue weighted by atomic mass is 16.6. The zero-order chi connectivity index (χ0) is 8.39. The third kappa shape index (κ3) is 1.63. The maximum absolute atomic E-state index is 8.55. The highest BCUT2D eigenvalue weighted by molar-refractivity contribution is 5.31. The predicted molar refractivity (Wildman–Crippen MR) is 44.6 cm³/mol. The molecule has 1 unspecified atom stereocenters. The summed E-state index contributed by atoms with van der Waals surface area (Å²) in [6.45, 7) is 0.889. The number of hydrogen-bond donors (Lipinski definition) is 0. The zero-order valence-electron chi connectivity index (χ0n) is 6.66. The van der Waals surface area contributed by atoms with Crippen LogP contribution >= 0.6 is 0 Å². The summed E-state index contributed by atoms with van der Waals surface area (Å²) in [6, 6.07) is 9.75. The van der Waals surface area contributed by atoms with E-state index in [1.54, 1.807) is 0 Å². The molecule has 0 N–H and O–H groups in total. The first-order chi connectivity index (χ1) is 5.88. The molecular formula is C10H9NO. The Hall–Kier alpha value is -1.33. The first-order valence-electron chi connectivity index (χ1n) is 3.99. The highest BCUT2D eigenvalue weighted by Crippen LogP contribution is 2.16. The second-order valence-corrected chi connectivity index (χ2v) is 2.97. The normalized spacial score (nSPS) is 20.1. The lowest BCUT2D eigenvalue weighted by molar-refractivity contribution is 0.407. The fraction of sp³-hybridized carbons (Fsp3) is 0.300. The van der Waals surface area contributed by atoms with E-state index in [0.29, 0.717) is 6.10 Å². The summed E-state index contributed by atoms with van der Waals surface area (Å²) >= 11 is 0. The number of benzene rings is 1. The molecule has 0 bridgehead atoms. The summed E-state index contributed by atoms with van der Waals surface area (Å²) in [5.74, 6) is 0. The van der Waals surface area contributed by atoms with Gasteiger partial charge in [0.1, 0.15) is 0 Å². The van der Waals surface area contributed by atoms with Crippen LogP contribution < -0.4 is 0 Å². The van der Waals surface area contributed by atoms with Crippen molar-refractivity contribution in [3.05, 3.63) is 35.4 Å². The van der Waals surface area contributed by atoms with Gasteiger partial charge in [-0.1, -0.05) is 12.1 Å². The van der Waals surface area contributed by atoms with Gasteiger partial charge in [-0.3, -0.25) is 0 Å². The van der Waals surface area contributed by atoms with E-state index in [4.69, 9.17) is 10.00 Å². The molecule has 2 heteroatoms. The minimum absolute atomic E-state index is 0.429. The Kier molecular flexibility index (Phi) is 1.81. The summed E-state index contributed by atoms with van der Waals surface area (Å²) in [5.41, 5.74) is 1.96. The van der Waals surface area contributed by atoms with Gasteiger partial charge in [0.2, 0.25) is 0 Å². The quantitative estimate of drug-likeness (QED) is 0.613. The number of rotatable bonds is 2. The van der Waals surface area contributed by atoms with E-state index in [9.17, 15) is 0 Å². The molecule has 2 nitrogen and oxygen atoms in total. The number of nitriles is 1. The average molecular weight is 159 g/mol. The number of hydrogen-bond acceptors (Lipinski definition) is 2. The molecule has 1 aromatic carbocycles. The van der Waals surface area contributed by atoms with Gasteiger partial charge in [-0.05, 0) is 17.7 Å². The van der Waals surface area contributed by atoms with Gasteiger partial charge in [0, 0.05) is 6.42 Å². The summed E-state index contributed by atoms with van der Waals surface area (Å²) in [6.07, 6.45) is 1.41. The molecule has 1 aliphatic heterocycles. The van der Waals surface area contributed by atoms with Gasteiger partial charge in [-0.25, -0.2) is 0 Å². The molecule has 1 fully saturated rings. The number of nitrogens with zero attached hydrogens (tertiary/aromatic N) is 1. The number of ether oxygens (including phenoxy) is 1. The first-order valence-corrected chi connectivity index (χ1v) is 3.99. The molecule has 1 aromatic rings. The lowest BCUT2D eigenvalue weighted by Crippen LogP contribution is -1.92. The van der Waals surface area contributed by atoms with Crippen molar-refractivity contribution in [1.29, 1.82) is 5.26 Å². The van der Waals surface area contributed by atoms with Crippen molar-refractivity contribution in [2.45, 2.75) is 12.5 Å². The molecular weight excluding hydrogens is 150 g/mol. The molecule has 1 saturated heterocycles. The van der Waals surface area contributed by atoms with Crippen LogP contribution in [0.25, 0.3) is 0 Å². The van der Waals surface area contributed by atoms with Gasteiger partial charge in [0.15, 0.2) is 0 Å². The maximum Gasteiger partial charge on any atom is 0.0991 e. The van der Waals surface area contributed by atoms with Crippen molar-refractivity contribution in [3.8, 4) is 6.07 Å². The molecule has 1 heterocycles. The molecule has 0 aromatic heterocycles. The van der Waals surface area contributed by atoms with Gasteiger partial charge < -0.3 is 4.74 Å². The van der Waals surface area contributed by atoms with Crippen LogP contribution in [0.15, 0.2) is 24.3 Å². The topological polar surface area (TPSA) is 36.3 Å². The van der Waals surface area contributed by atoms with Crippen LogP contribution in [0.3, 0.4) is 0 Å². The monoisotopic (exact) mass is 159 g/mol. The van der Waals surface area contributed by atoms with Crippen LogP contribution in [-0.2, 0) is 11.2 Å². The lowest BCUT2D eigenvalue weighted by atomic mass is 10.1. The van der Waals surface area contributed by atoms with Gasteiger partial charge in [-0.2, -0.15) is 5.26 Å². The average Bonchev–Trinajstić information content (AvgIpc) is 2.90. The van der Waals surface area contributed by atoms with Crippen molar-refractivity contribution in [2.24, 2.45) is 0 Å². The fourth-order valence-electron chi connectivity index (χ4n) is 1.16. The Morgan fingerprint density at radius 3 is 2.58 bits per heavy atom. The second-order valence-electron chi connectivity index (χ2n) is 2.97. The second kappa shape index (κ2) is 2.96. The molecule has 60 valence electrons. The van der Waals surface area contributed by atoms with Gasteiger partial charge in [-0.15, -0.1) is 0 Å². The van der Waals surface area contributed by atoms with E-state index in [2.05, 4.69) is 6.07 Å². The van der Waals surface area contributed by atoms with Crippen LogP contribution in [0.5, 0.6) is 0 Å². The highest BCUT2D eigenvalue weighted by Gasteiger charge is 2.22. The van der Waals surface area contributed by atoms with Gasteiger partial charge >= 0.3 is 0 Å². The summed E-state index contributed by atoms with van der Waals surface area (Å²) in [4.78, 5) is 0. The van der Waals surface area contributed by atoms with E-state index in [1.807, 2.05) is 24.3 Å². The maximum atomic E-state index is 8.55. The van der Waals surface area contributed by atoms with E-state index < -0.39 is 0 Å². The lowest BCUT2D eigenvalue weighted by Gasteiger charge is -1.96. The Morgan fingerprint density at radius 1 is 1.42 bits per heavy atom. The zero-order valence-corrected chi connectivity index (χ0v) is 6.66. The molecule has 0 radical (unpaired) electrons.